The topological polar surface area (TPSA) is 104 Å². The summed E-state index contributed by atoms with van der Waals surface area (Å²) in [6.07, 6.45) is 1.32. The fraction of sp³-hybridized carbons (Fsp3) is 0.143. The van der Waals surface area contributed by atoms with Gasteiger partial charge in [-0.3, -0.25) is 14.9 Å². The van der Waals surface area contributed by atoms with Crippen molar-refractivity contribution in [2.45, 2.75) is 20.4 Å². The van der Waals surface area contributed by atoms with Crippen molar-refractivity contribution in [3.63, 3.8) is 0 Å². The second kappa shape index (κ2) is 7.76. The normalized spacial score (nSPS) is 10.3. The number of nitrogens with zero attached hydrogens (tertiary/aromatic N) is 2. The molecule has 7 heteroatoms. The Morgan fingerprint density at radius 3 is 2.57 bits per heavy atom. The lowest BCUT2D eigenvalue weighted by atomic mass is 10.1. The zero-order valence-corrected chi connectivity index (χ0v) is 15.4. The van der Waals surface area contributed by atoms with E-state index in [1.165, 1.54) is 10.8 Å². The van der Waals surface area contributed by atoms with Gasteiger partial charge in [-0.2, -0.15) is 5.26 Å². The van der Waals surface area contributed by atoms with Crippen LogP contribution in [0, 0.1) is 25.2 Å². The zero-order valence-electron chi connectivity index (χ0n) is 15.4. The van der Waals surface area contributed by atoms with E-state index in [2.05, 4.69) is 10.6 Å². The standard InChI is InChI=1S/C21H18N4O3/c1-13-7-8-16(9-14(13)2)23-21(28)24-19(26)12-25-11-15(10-22)20(27)17-5-3-4-6-18(17)25/h3-9,11H,12H2,1-2H3,(H2,23,24,26,28). The van der Waals surface area contributed by atoms with Gasteiger partial charge < -0.3 is 9.88 Å². The Hall–Kier alpha value is -3.92. The summed E-state index contributed by atoms with van der Waals surface area (Å²) in [5, 5.41) is 14.4. The summed E-state index contributed by atoms with van der Waals surface area (Å²) in [5.74, 6) is -0.570. The number of nitriles is 1. The highest BCUT2D eigenvalue weighted by Gasteiger charge is 2.13. The van der Waals surface area contributed by atoms with Crippen LogP contribution in [0.25, 0.3) is 10.9 Å². The first-order valence-electron chi connectivity index (χ1n) is 8.59. The molecule has 2 aromatic carbocycles. The maximum atomic E-state index is 12.3. The summed E-state index contributed by atoms with van der Waals surface area (Å²) in [7, 11) is 0. The molecule has 0 unspecified atom stereocenters. The molecular formula is C21H18N4O3. The number of pyridine rings is 1. The molecule has 0 atom stereocenters. The number of anilines is 1. The number of hydrogen-bond donors (Lipinski definition) is 2. The van der Waals surface area contributed by atoms with Crippen LogP contribution in [-0.4, -0.2) is 16.5 Å². The number of hydrogen-bond acceptors (Lipinski definition) is 4. The maximum Gasteiger partial charge on any atom is 0.325 e. The van der Waals surface area contributed by atoms with Crippen LogP contribution in [0.5, 0.6) is 0 Å². The monoisotopic (exact) mass is 374 g/mol. The highest BCUT2D eigenvalue weighted by Crippen LogP contribution is 2.14. The quantitative estimate of drug-likeness (QED) is 0.735. The number of amides is 3. The lowest BCUT2D eigenvalue weighted by molar-refractivity contribution is -0.120. The number of aryl methyl sites for hydroxylation is 2. The Bertz CT molecular complexity index is 1190. The summed E-state index contributed by atoms with van der Waals surface area (Å²) in [4.78, 5) is 36.6. The lowest BCUT2D eigenvalue weighted by Gasteiger charge is -2.12. The number of fused-ring (bicyclic) bond motifs is 1. The Morgan fingerprint density at radius 1 is 1.11 bits per heavy atom. The number of benzene rings is 2. The third-order valence-corrected chi connectivity index (χ3v) is 4.44. The van der Waals surface area contributed by atoms with Gasteiger partial charge in [-0.15, -0.1) is 0 Å². The Balaban J connectivity index is 1.77. The third-order valence-electron chi connectivity index (χ3n) is 4.44. The minimum Gasteiger partial charge on any atom is -0.336 e. The molecule has 3 rings (SSSR count). The molecule has 0 saturated carbocycles. The van der Waals surface area contributed by atoms with Crippen LogP contribution in [0.2, 0.25) is 0 Å². The van der Waals surface area contributed by atoms with E-state index in [1.54, 1.807) is 30.3 Å². The maximum absolute atomic E-state index is 12.3. The van der Waals surface area contributed by atoms with Crippen molar-refractivity contribution in [2.75, 3.05) is 5.32 Å². The number of rotatable bonds is 3. The molecule has 140 valence electrons. The molecule has 0 spiro atoms. The molecule has 0 aliphatic heterocycles. The Labute approximate surface area is 161 Å². The number of imide groups is 1. The number of nitrogens with one attached hydrogen (secondary N) is 2. The molecule has 3 amide bonds. The summed E-state index contributed by atoms with van der Waals surface area (Å²) in [5.41, 5.74) is 2.76. The van der Waals surface area contributed by atoms with Crippen LogP contribution in [-0.2, 0) is 11.3 Å². The zero-order chi connectivity index (χ0) is 20.3. The van der Waals surface area contributed by atoms with Crippen LogP contribution in [0.3, 0.4) is 0 Å². The smallest absolute Gasteiger partial charge is 0.325 e. The van der Waals surface area contributed by atoms with E-state index in [-0.39, 0.29) is 17.5 Å². The average molecular weight is 374 g/mol. The van der Waals surface area contributed by atoms with Crippen LogP contribution in [0.1, 0.15) is 16.7 Å². The van der Waals surface area contributed by atoms with Crippen molar-refractivity contribution in [1.29, 1.82) is 5.26 Å². The molecule has 0 saturated heterocycles. The summed E-state index contributed by atoms with van der Waals surface area (Å²) >= 11 is 0. The minimum atomic E-state index is -0.654. The fourth-order valence-corrected chi connectivity index (χ4v) is 2.86. The Kier molecular flexibility index (Phi) is 5.23. The van der Waals surface area contributed by atoms with E-state index in [1.807, 2.05) is 32.0 Å². The van der Waals surface area contributed by atoms with Gasteiger partial charge in [0.05, 0.1) is 5.52 Å². The van der Waals surface area contributed by atoms with Gasteiger partial charge in [-0.1, -0.05) is 18.2 Å². The second-order valence-corrected chi connectivity index (χ2v) is 6.43. The number of carbonyl (C=O) groups excluding carboxylic acids is 2. The van der Waals surface area contributed by atoms with Crippen LogP contribution < -0.4 is 16.1 Å². The summed E-state index contributed by atoms with van der Waals surface area (Å²) < 4.78 is 1.48. The predicted molar refractivity (Wildman–Crippen MR) is 106 cm³/mol. The summed E-state index contributed by atoms with van der Waals surface area (Å²) in [6.45, 7) is 3.68. The Morgan fingerprint density at radius 2 is 1.86 bits per heavy atom. The number of aromatic nitrogens is 1. The van der Waals surface area contributed by atoms with E-state index in [4.69, 9.17) is 5.26 Å². The fourth-order valence-electron chi connectivity index (χ4n) is 2.86. The highest BCUT2D eigenvalue weighted by molar-refractivity contribution is 6.01. The first kappa shape index (κ1) is 18.9. The molecule has 1 heterocycles. The minimum absolute atomic E-state index is 0.0638. The van der Waals surface area contributed by atoms with E-state index in [9.17, 15) is 14.4 Å². The van der Waals surface area contributed by atoms with Crippen molar-refractivity contribution in [3.8, 4) is 6.07 Å². The van der Waals surface area contributed by atoms with Gasteiger partial charge in [0, 0.05) is 17.3 Å². The predicted octanol–water partition coefficient (Wildman–Crippen LogP) is 2.84. The molecule has 0 aliphatic carbocycles. The van der Waals surface area contributed by atoms with Gasteiger partial charge in [0.1, 0.15) is 18.2 Å². The van der Waals surface area contributed by atoms with E-state index < -0.39 is 11.9 Å². The van der Waals surface area contributed by atoms with Crippen LogP contribution in [0.15, 0.2) is 53.5 Å². The van der Waals surface area contributed by atoms with Gasteiger partial charge in [0.25, 0.3) is 0 Å². The molecule has 7 nitrogen and oxygen atoms in total. The second-order valence-electron chi connectivity index (χ2n) is 6.43. The molecule has 0 aliphatic rings. The number of carbonyl (C=O) groups is 2. The van der Waals surface area contributed by atoms with Crippen molar-refractivity contribution in [3.05, 3.63) is 75.6 Å². The highest BCUT2D eigenvalue weighted by atomic mass is 16.2. The van der Waals surface area contributed by atoms with Crippen molar-refractivity contribution in [1.82, 2.24) is 9.88 Å². The van der Waals surface area contributed by atoms with Gasteiger partial charge in [0.2, 0.25) is 11.3 Å². The average Bonchev–Trinajstić information content (AvgIpc) is 2.67. The van der Waals surface area contributed by atoms with Crippen molar-refractivity contribution < 1.29 is 9.59 Å². The van der Waals surface area contributed by atoms with Gasteiger partial charge in [-0.05, 0) is 49.2 Å². The number of para-hydroxylation sites is 1. The van der Waals surface area contributed by atoms with Gasteiger partial charge in [-0.25, -0.2) is 4.79 Å². The molecule has 1 aromatic heterocycles. The first-order valence-corrected chi connectivity index (χ1v) is 8.59. The van der Waals surface area contributed by atoms with Crippen molar-refractivity contribution in [2.24, 2.45) is 0 Å². The molecule has 28 heavy (non-hydrogen) atoms. The van der Waals surface area contributed by atoms with E-state index in [0.29, 0.717) is 16.6 Å². The van der Waals surface area contributed by atoms with Crippen molar-refractivity contribution >= 4 is 28.5 Å². The molecule has 0 fully saturated rings. The SMILES string of the molecule is Cc1ccc(NC(=O)NC(=O)Cn2cc(C#N)c(=O)c3ccccc32)cc1C. The first-order chi connectivity index (χ1) is 13.4. The lowest BCUT2D eigenvalue weighted by Crippen LogP contribution is -2.36. The number of urea groups is 1. The van der Waals surface area contributed by atoms with E-state index in [0.717, 1.165) is 11.1 Å². The molecule has 3 aromatic rings. The van der Waals surface area contributed by atoms with Gasteiger partial charge >= 0.3 is 6.03 Å². The molecule has 2 N–H and O–H groups in total. The van der Waals surface area contributed by atoms with E-state index >= 15 is 0 Å². The van der Waals surface area contributed by atoms with Crippen LogP contribution in [0.4, 0.5) is 10.5 Å². The largest absolute Gasteiger partial charge is 0.336 e. The molecular weight excluding hydrogens is 356 g/mol. The third kappa shape index (κ3) is 3.91. The van der Waals surface area contributed by atoms with Crippen LogP contribution >= 0.6 is 0 Å². The molecule has 0 bridgehead atoms. The van der Waals surface area contributed by atoms with Gasteiger partial charge in [0.15, 0.2) is 0 Å². The molecule has 0 radical (unpaired) electrons. The summed E-state index contributed by atoms with van der Waals surface area (Å²) in [6, 6.07) is 13.3.